The Hall–Kier alpha value is -16.5. The van der Waals surface area contributed by atoms with Crippen molar-refractivity contribution in [2.75, 3.05) is 52.1 Å². The van der Waals surface area contributed by atoms with Crippen LogP contribution in [0, 0.1) is 12.5 Å². The normalized spacial score (nSPS) is 10.6. The van der Waals surface area contributed by atoms with E-state index in [4.69, 9.17) is 110 Å². The van der Waals surface area contributed by atoms with Gasteiger partial charge in [0.25, 0.3) is 0 Å². The molecule has 0 radical (unpaired) electrons. The Morgan fingerprint density at radius 2 is 0.788 bits per heavy atom. The van der Waals surface area contributed by atoms with Crippen LogP contribution in [0.2, 0.25) is 20.5 Å². The zero-order valence-electron chi connectivity index (χ0n) is 79.0. The molecule has 0 saturated heterocycles. The molecule has 0 spiro atoms. The number of para-hydroxylation sites is 5. The monoisotopic (exact) mass is 2130 g/mol. The Kier molecular flexibility index (Phi) is 42.3. The number of benzene rings is 9. The summed E-state index contributed by atoms with van der Waals surface area (Å²) >= 11 is 26.7. The van der Waals surface area contributed by atoms with Crippen molar-refractivity contribution in [2.45, 2.75) is 48.5 Å². The summed E-state index contributed by atoms with van der Waals surface area (Å²) in [6.45, 7) is 8.67. The lowest BCUT2D eigenvalue weighted by molar-refractivity contribution is -0.119. The molecule has 1 aliphatic rings. The van der Waals surface area contributed by atoms with E-state index in [0.717, 1.165) is 124 Å². The Morgan fingerprint density at radius 3 is 1.14 bits per heavy atom. The molecule has 1 fully saturated rings. The number of nitrogen functional groups attached to an aromatic ring is 2. The maximum absolute atomic E-state index is 9.98. The quantitative estimate of drug-likeness (QED) is 0.0128. The summed E-state index contributed by atoms with van der Waals surface area (Å²) in [5.74, 6) is 17.6. The average molecular weight is 2130 g/mol. The molecule has 1 saturated carbocycles. The summed E-state index contributed by atoms with van der Waals surface area (Å²) in [6.07, 6.45) is 15.8. The molecule has 20 rings (SSSR count). The highest BCUT2D eigenvalue weighted by molar-refractivity contribution is 9.10. The molecule has 0 atom stereocenters. The summed E-state index contributed by atoms with van der Waals surface area (Å²) < 4.78 is 40.3. The highest BCUT2D eigenvalue weighted by atomic mass is 79.9. The number of aryl methyl sites for hydroxylation is 6. The SMILES string of the molecule is C.C.C.CCc1nn(-c2cccc(-c3ncn(C)n3)c2OC)c2cc(Cl)ncc12.COc1c(-c2ncn(C)n2)cccc1-n1nc(N)c2cnc(Cl)cc21.COc1c(Br)cccc1-c1ncn(C)n1.COc1c(NN)cccc1-c1ncn(C)n1.COc1c(NN=C(c2ccccc2)c2ccccc2)cccc1-c1ncn(C)n1.Cl.NC(=O)C1CC1.NN=C(c1ccccc1)c1ccccc1.[C-]#[N+]c1cnc(Cl)cc1Cl. The molecule has 0 bridgehead atoms. The van der Waals surface area contributed by atoms with E-state index in [9.17, 15) is 4.79 Å². The van der Waals surface area contributed by atoms with Gasteiger partial charge in [0.15, 0.2) is 57.9 Å². The molecular formula is C103H109BrCl5N31O6. The molecule has 0 unspecified atom stereocenters. The molecule has 9 aromatic carbocycles. The zero-order valence-corrected chi connectivity index (χ0v) is 84.4. The number of nitrogens with one attached hydrogen (secondary N) is 2. The van der Waals surface area contributed by atoms with Crippen LogP contribution in [-0.2, 0) is 46.5 Å². The standard InChI is InChI=1S/C23H21N5O.C18H17ClN6O.C16H14ClN7O.C13H12N2.C10H10BrN3O.C10H13N5O.C6H2Cl2N2.C4H7NO.3CH4.ClH/c1-28-16-24-23(27-28)19-14-9-15-20(22(19)29-2)25-26-21(17-10-5-3-6-11-17)18-12-7-4-8-13-18;1-4-13-12-9-20-16(19)8-15(12)25(22-13)14-7-5-6-11(17(14)26-3)18-21-10-24(2)23-18;1-23-8-20-16(22-23)9-4-3-5-11(14(9)25-2)24-12-6-13(17)19-7-10(12)15(18)21-24;14-15-13(11-7-3-1-4-8-11)12-9-5-2-6-10-12;1-14-6-12-10(13-14)7-4-3-5-8(11)9(7)15-2;1-15-6-12-10(14-15)7-4-3-5-8(13-11)9(7)16-2;1-9-5-3-10-6(8)2-4(5)7;5-4(6)3-1-2-3;;;;/h3-16,25H,1-2H3;5-10H,4H2,1-3H3;3-8H,1-2H3,(H2,18,21);1-10H,14H2;3-6H,1-2H3;3-6,13H,11H2,1-2H3;2-3H;3H,1-2H2,(H2,5,6);3*1H4;1H. The maximum atomic E-state index is 9.98. The van der Waals surface area contributed by atoms with Crippen molar-refractivity contribution >= 4 is 137 Å². The lowest BCUT2D eigenvalue weighted by atomic mass is 10.0. The van der Waals surface area contributed by atoms with Crippen LogP contribution in [0.1, 0.15) is 70.0 Å². The minimum atomic E-state index is -0.130. The number of amides is 1. The van der Waals surface area contributed by atoms with Gasteiger partial charge in [0.1, 0.15) is 64.2 Å². The highest BCUT2D eigenvalue weighted by Gasteiger charge is 2.28. The van der Waals surface area contributed by atoms with Crippen molar-refractivity contribution in [1.82, 2.24) is 108 Å². The molecule has 37 nitrogen and oxygen atoms in total. The average Bonchev–Trinajstić information content (AvgIpc) is 1.60. The summed E-state index contributed by atoms with van der Waals surface area (Å²) in [6, 6.07) is 73.6. The number of pyridine rings is 3. The third-order valence-corrected chi connectivity index (χ3v) is 22.4. The number of nitrogens with zero attached hydrogens (tertiary/aromatic N) is 25. The van der Waals surface area contributed by atoms with E-state index in [-0.39, 0.29) is 46.5 Å². The minimum absolute atomic E-state index is 0. The molecule has 0 aliphatic heterocycles. The fraction of sp³-hybridized carbons (Fsp3) is 0.175. The third kappa shape index (κ3) is 28.5. The first-order valence-corrected chi connectivity index (χ1v) is 45.6. The first-order valence-electron chi connectivity index (χ1n) is 43.3. The van der Waals surface area contributed by atoms with E-state index >= 15 is 0 Å². The predicted molar refractivity (Wildman–Crippen MR) is 584 cm³/mol. The van der Waals surface area contributed by atoms with Crippen molar-refractivity contribution in [3.05, 3.63) is 345 Å². The minimum Gasteiger partial charge on any atom is -0.495 e. The number of ether oxygens (including phenoxy) is 5. The van der Waals surface area contributed by atoms with E-state index in [0.29, 0.717) is 101 Å². The van der Waals surface area contributed by atoms with Crippen LogP contribution in [0.3, 0.4) is 0 Å². The van der Waals surface area contributed by atoms with Gasteiger partial charge in [-0.1, -0.05) is 227 Å². The molecule has 146 heavy (non-hydrogen) atoms. The Bertz CT molecular complexity index is 7520. The van der Waals surface area contributed by atoms with E-state index in [1.54, 1.807) is 114 Å². The Labute approximate surface area is 879 Å². The first-order chi connectivity index (χ1) is 68.9. The molecule has 43 heteroatoms. The van der Waals surface area contributed by atoms with E-state index in [1.165, 1.54) is 12.3 Å². The fourth-order valence-corrected chi connectivity index (χ4v) is 15.3. The van der Waals surface area contributed by atoms with Gasteiger partial charge in [-0.15, -0.1) is 17.5 Å². The van der Waals surface area contributed by atoms with Crippen molar-refractivity contribution in [3.8, 4) is 97.1 Å². The summed E-state index contributed by atoms with van der Waals surface area (Å²) in [4.78, 5) is 46.4. The predicted octanol–water partition coefficient (Wildman–Crippen LogP) is 20.8. The van der Waals surface area contributed by atoms with E-state index < -0.39 is 0 Å². The van der Waals surface area contributed by atoms with Gasteiger partial charge >= 0.3 is 0 Å². The van der Waals surface area contributed by atoms with Crippen LogP contribution in [-0.4, -0.2) is 161 Å². The summed E-state index contributed by atoms with van der Waals surface area (Å²) in [7, 11) is 17.2. The number of halogens is 6. The van der Waals surface area contributed by atoms with Crippen LogP contribution in [0.25, 0.3) is 95.0 Å². The number of carbonyl (C=O) groups is 1. The van der Waals surface area contributed by atoms with Gasteiger partial charge in [0, 0.05) is 99.5 Å². The number of hydrogen-bond acceptors (Lipinski definition) is 28. The summed E-state index contributed by atoms with van der Waals surface area (Å²) in [5.41, 5.74) is 32.3. The molecule has 10 N–H and O–H groups in total. The number of hydrazine groups is 1. The Balaban J connectivity index is 0.000000191. The van der Waals surface area contributed by atoms with Crippen LogP contribution in [0.5, 0.6) is 28.7 Å². The van der Waals surface area contributed by atoms with Crippen LogP contribution in [0.15, 0.2) is 295 Å². The number of primary amides is 1. The number of rotatable bonds is 21. The van der Waals surface area contributed by atoms with Gasteiger partial charge in [0.05, 0.1) is 124 Å². The van der Waals surface area contributed by atoms with Gasteiger partial charge in [-0.3, -0.25) is 44.5 Å². The molecule has 1 aliphatic carbocycles. The lowest BCUT2D eigenvalue weighted by Crippen LogP contribution is -2.11. The molecular weight excluding hydrogens is 2020 g/mol. The van der Waals surface area contributed by atoms with Gasteiger partial charge < -0.3 is 46.4 Å². The van der Waals surface area contributed by atoms with E-state index in [1.807, 2.05) is 258 Å². The topological polar surface area (TPSA) is 448 Å². The number of carbonyl (C=O) groups excluding carboxylic acids is 1. The number of nitrogens with two attached hydrogens (primary N) is 4. The van der Waals surface area contributed by atoms with Crippen molar-refractivity contribution in [1.29, 1.82) is 0 Å². The molecule has 1 amide bonds. The number of anilines is 3. The van der Waals surface area contributed by atoms with Gasteiger partial charge in [-0.2, -0.15) is 40.8 Å². The maximum Gasteiger partial charge on any atom is 0.223 e. The van der Waals surface area contributed by atoms with Crippen molar-refractivity contribution in [3.63, 3.8) is 0 Å². The largest absolute Gasteiger partial charge is 0.495 e. The van der Waals surface area contributed by atoms with Crippen molar-refractivity contribution < 1.29 is 28.5 Å². The Morgan fingerprint density at radius 1 is 0.445 bits per heavy atom. The van der Waals surface area contributed by atoms with Crippen LogP contribution in [0.4, 0.5) is 22.9 Å². The second kappa shape index (κ2) is 54.6. The molecule has 19 aromatic rings. The zero-order chi connectivity index (χ0) is 101. The number of aromatic nitrogens is 22. The second-order valence-electron chi connectivity index (χ2n) is 30.5. The van der Waals surface area contributed by atoms with Crippen LogP contribution >= 0.6 is 74.7 Å². The van der Waals surface area contributed by atoms with Gasteiger partial charge in [0.2, 0.25) is 11.6 Å². The molecule has 754 valence electrons. The lowest BCUT2D eigenvalue weighted by Gasteiger charge is -2.13. The van der Waals surface area contributed by atoms with Crippen molar-refractivity contribution in [2.24, 2.45) is 68.8 Å². The van der Waals surface area contributed by atoms with Crippen LogP contribution < -0.4 is 57.7 Å². The summed E-state index contributed by atoms with van der Waals surface area (Å²) in [5, 5.41) is 42.4. The van der Waals surface area contributed by atoms with E-state index in [2.05, 4.69) is 114 Å². The second-order valence-corrected chi connectivity index (χ2v) is 32.9. The number of fused-ring (bicyclic) bond motifs is 2. The molecule has 10 aromatic heterocycles. The number of hydrogen-bond donors (Lipinski definition) is 6. The number of methoxy groups -OCH3 is 5. The number of hydrazone groups is 2. The third-order valence-electron chi connectivity index (χ3n) is 20.8. The highest BCUT2D eigenvalue weighted by Crippen LogP contribution is 2.41. The first kappa shape index (κ1) is 113. The van der Waals surface area contributed by atoms with Gasteiger partial charge in [-0.25, -0.2) is 49.1 Å². The fourth-order valence-electron chi connectivity index (χ4n) is 14.1. The van der Waals surface area contributed by atoms with Gasteiger partial charge in [-0.05, 0) is 102 Å². The molecule has 10 heterocycles. The smallest absolute Gasteiger partial charge is 0.223 e.